The van der Waals surface area contributed by atoms with Crippen molar-refractivity contribution in [1.82, 2.24) is 0 Å². The van der Waals surface area contributed by atoms with E-state index in [9.17, 15) is 0 Å². The fourth-order valence-electron chi connectivity index (χ4n) is 3.77. The molecule has 0 unspecified atom stereocenters. The predicted octanol–water partition coefficient (Wildman–Crippen LogP) is 5.73. The van der Waals surface area contributed by atoms with Gasteiger partial charge in [0, 0.05) is 0 Å². The first-order chi connectivity index (χ1) is 9.29. The Morgan fingerprint density at radius 3 is 1.15 bits per heavy atom. The smallest absolute Gasteiger partial charge is 0.00158 e. The van der Waals surface area contributed by atoms with Crippen molar-refractivity contribution in [3.05, 3.63) is 57.7 Å². The van der Waals surface area contributed by atoms with Gasteiger partial charge in [0.15, 0.2) is 0 Å². The lowest BCUT2D eigenvalue weighted by Crippen LogP contribution is -1.99. The second-order valence-electron chi connectivity index (χ2n) is 6.21. The molecule has 0 N–H and O–H groups in total. The summed E-state index contributed by atoms with van der Waals surface area (Å²) in [6, 6.07) is 0. The summed E-state index contributed by atoms with van der Waals surface area (Å²) in [7, 11) is 0. The van der Waals surface area contributed by atoms with Crippen LogP contribution in [0.15, 0.2) is 13.2 Å². The molecule has 0 fully saturated rings. The number of hydrogen-bond donors (Lipinski definition) is 0. The molecule has 1 aliphatic rings. The average molecular weight is 262 g/mol. The summed E-state index contributed by atoms with van der Waals surface area (Å²) in [5.74, 6) is 0. The van der Waals surface area contributed by atoms with E-state index < -0.39 is 0 Å². The Morgan fingerprint density at radius 2 is 0.800 bits per heavy atom. The van der Waals surface area contributed by atoms with Gasteiger partial charge in [0.05, 0.1) is 0 Å². The van der Waals surface area contributed by atoms with Crippen molar-refractivity contribution in [2.45, 2.75) is 41.5 Å². The third-order valence-electron chi connectivity index (χ3n) is 5.47. The molecule has 0 nitrogen and oxygen atoms in total. The highest BCUT2D eigenvalue weighted by Gasteiger charge is 2.28. The van der Waals surface area contributed by atoms with Gasteiger partial charge >= 0.3 is 0 Å². The minimum atomic E-state index is 1.11. The van der Waals surface area contributed by atoms with Crippen LogP contribution in [0, 0.1) is 41.5 Å². The minimum absolute atomic E-state index is 1.11. The zero-order chi connectivity index (χ0) is 14.9. The Kier molecular flexibility index (Phi) is 2.54. The fraction of sp³-hybridized carbons (Fsp3) is 0.300. The van der Waals surface area contributed by atoms with Crippen LogP contribution in [0.3, 0.4) is 0 Å². The summed E-state index contributed by atoms with van der Waals surface area (Å²) >= 11 is 0. The molecule has 0 bridgehead atoms. The lowest BCUT2D eigenvalue weighted by Gasteiger charge is -2.18. The van der Waals surface area contributed by atoms with E-state index in [2.05, 4.69) is 54.7 Å². The Bertz CT molecular complexity index is 763. The number of allylic oxidation sites excluding steroid dienone is 2. The van der Waals surface area contributed by atoms with Gasteiger partial charge in [0.1, 0.15) is 0 Å². The molecule has 0 atom stereocenters. The van der Waals surface area contributed by atoms with E-state index in [1.54, 1.807) is 0 Å². The maximum Gasteiger partial charge on any atom is -0.00158 e. The number of rotatable bonds is 0. The van der Waals surface area contributed by atoms with Crippen LogP contribution in [0.1, 0.15) is 44.5 Å². The van der Waals surface area contributed by atoms with Crippen molar-refractivity contribution in [2.75, 3.05) is 0 Å². The van der Waals surface area contributed by atoms with E-state index >= 15 is 0 Å². The van der Waals surface area contributed by atoms with Crippen LogP contribution in [0.2, 0.25) is 0 Å². The molecule has 2 aromatic carbocycles. The predicted molar refractivity (Wildman–Crippen MR) is 90.4 cm³/mol. The van der Waals surface area contributed by atoms with E-state index in [1.165, 1.54) is 55.3 Å². The zero-order valence-corrected chi connectivity index (χ0v) is 13.4. The topological polar surface area (TPSA) is 0 Å². The molecule has 3 rings (SSSR count). The first-order valence-electron chi connectivity index (χ1n) is 7.21. The van der Waals surface area contributed by atoms with Crippen molar-refractivity contribution in [3.8, 4) is 0 Å². The molecular formula is C20H22. The molecular weight excluding hydrogens is 240 g/mol. The molecule has 0 heteroatoms. The van der Waals surface area contributed by atoms with Gasteiger partial charge in [-0.3, -0.25) is 0 Å². The normalized spacial score (nSPS) is 13.7. The molecule has 0 saturated carbocycles. The molecule has 0 amide bonds. The van der Waals surface area contributed by atoms with Crippen molar-refractivity contribution < 1.29 is 0 Å². The van der Waals surface area contributed by atoms with Crippen LogP contribution in [0.25, 0.3) is 21.9 Å². The Hall–Kier alpha value is -1.82. The van der Waals surface area contributed by atoms with E-state index in [-0.39, 0.29) is 0 Å². The second-order valence-corrected chi connectivity index (χ2v) is 6.21. The highest BCUT2D eigenvalue weighted by molar-refractivity contribution is 6.23. The molecule has 102 valence electrons. The SMILES string of the molecule is C=C1C(=C)c2c(C)c(C)c(C)c3c(C)c(C)c(C)c1c23. The molecule has 0 heterocycles. The molecule has 1 aliphatic carbocycles. The van der Waals surface area contributed by atoms with Gasteiger partial charge in [-0.05, 0) is 108 Å². The summed E-state index contributed by atoms with van der Waals surface area (Å²) < 4.78 is 0. The van der Waals surface area contributed by atoms with Gasteiger partial charge in [0.2, 0.25) is 0 Å². The maximum absolute atomic E-state index is 4.31. The highest BCUT2D eigenvalue weighted by Crippen LogP contribution is 2.50. The Labute approximate surface area is 121 Å². The van der Waals surface area contributed by atoms with Gasteiger partial charge in [-0.1, -0.05) is 13.2 Å². The molecule has 0 aliphatic heterocycles. The van der Waals surface area contributed by atoms with E-state index in [0.717, 1.165) is 11.1 Å². The lowest BCUT2D eigenvalue weighted by molar-refractivity contribution is 1.25. The molecule has 20 heavy (non-hydrogen) atoms. The van der Waals surface area contributed by atoms with Crippen molar-refractivity contribution >= 4 is 21.9 Å². The number of hydrogen-bond acceptors (Lipinski definition) is 0. The van der Waals surface area contributed by atoms with E-state index in [0.29, 0.717) is 0 Å². The summed E-state index contributed by atoms with van der Waals surface area (Å²) in [6.45, 7) is 22.0. The third-order valence-corrected chi connectivity index (χ3v) is 5.47. The first-order valence-corrected chi connectivity index (χ1v) is 7.21. The summed E-state index contributed by atoms with van der Waals surface area (Å²) in [5.41, 5.74) is 13.2. The van der Waals surface area contributed by atoms with Gasteiger partial charge in [0.25, 0.3) is 0 Å². The third kappa shape index (κ3) is 1.27. The molecule has 2 aromatic rings. The zero-order valence-electron chi connectivity index (χ0n) is 13.4. The van der Waals surface area contributed by atoms with Crippen molar-refractivity contribution in [1.29, 1.82) is 0 Å². The summed E-state index contributed by atoms with van der Waals surface area (Å²) in [6.07, 6.45) is 0. The van der Waals surface area contributed by atoms with Crippen LogP contribution in [0.5, 0.6) is 0 Å². The first kappa shape index (κ1) is 13.2. The molecule has 0 radical (unpaired) electrons. The van der Waals surface area contributed by atoms with Crippen LogP contribution < -0.4 is 0 Å². The molecule has 0 aromatic heterocycles. The average Bonchev–Trinajstić information content (AvgIpc) is 2.66. The van der Waals surface area contributed by atoms with E-state index in [4.69, 9.17) is 0 Å². The monoisotopic (exact) mass is 262 g/mol. The van der Waals surface area contributed by atoms with Gasteiger partial charge < -0.3 is 0 Å². The lowest BCUT2D eigenvalue weighted by atomic mass is 9.85. The van der Waals surface area contributed by atoms with Crippen molar-refractivity contribution in [3.63, 3.8) is 0 Å². The van der Waals surface area contributed by atoms with Crippen LogP contribution in [-0.4, -0.2) is 0 Å². The van der Waals surface area contributed by atoms with Gasteiger partial charge in [-0.15, -0.1) is 0 Å². The molecule has 0 saturated heterocycles. The van der Waals surface area contributed by atoms with Gasteiger partial charge in [-0.2, -0.15) is 0 Å². The van der Waals surface area contributed by atoms with Gasteiger partial charge in [-0.25, -0.2) is 0 Å². The Morgan fingerprint density at radius 1 is 0.450 bits per heavy atom. The maximum atomic E-state index is 4.31. The second kappa shape index (κ2) is 3.85. The Balaban J connectivity index is 2.77. The summed E-state index contributed by atoms with van der Waals surface area (Å²) in [5, 5.41) is 2.81. The number of benzene rings is 2. The largest absolute Gasteiger partial charge is 0.0905 e. The van der Waals surface area contributed by atoms with Crippen LogP contribution >= 0.6 is 0 Å². The van der Waals surface area contributed by atoms with Crippen LogP contribution in [-0.2, 0) is 0 Å². The fourth-order valence-corrected chi connectivity index (χ4v) is 3.77. The minimum Gasteiger partial charge on any atom is -0.0905 e. The van der Waals surface area contributed by atoms with E-state index in [1.807, 2.05) is 0 Å². The number of aryl methyl sites for hydroxylation is 2. The standard InChI is InChI=1S/C20H22/c1-9-11(3)17-12(4)10(2)14(6)19-16(8)15(7)18(13(9)5)20(17)19/h7-8H2,1-6H3. The summed E-state index contributed by atoms with van der Waals surface area (Å²) in [4.78, 5) is 0. The van der Waals surface area contributed by atoms with Crippen LogP contribution in [0.4, 0.5) is 0 Å². The molecule has 0 spiro atoms. The quantitative estimate of drug-likeness (QED) is 0.568. The highest BCUT2D eigenvalue weighted by atomic mass is 14.3. The van der Waals surface area contributed by atoms with Crippen molar-refractivity contribution in [2.24, 2.45) is 0 Å².